The monoisotopic (exact) mass is 212 g/mol. The number of hydrogen-bond acceptors (Lipinski definition) is 2. The van der Waals surface area contributed by atoms with Gasteiger partial charge in [-0.2, -0.15) is 0 Å². The Hall–Kier alpha value is -1.70. The van der Waals surface area contributed by atoms with Crippen molar-refractivity contribution >= 4 is 0 Å². The van der Waals surface area contributed by atoms with E-state index < -0.39 is 0 Å². The Morgan fingerprint density at radius 3 is 2.06 bits per heavy atom. The highest BCUT2D eigenvalue weighted by Crippen LogP contribution is 2.22. The van der Waals surface area contributed by atoms with Gasteiger partial charge >= 0.3 is 0 Å². The van der Waals surface area contributed by atoms with Gasteiger partial charge in [-0.05, 0) is 33.3 Å². The van der Waals surface area contributed by atoms with E-state index in [0.717, 1.165) is 28.3 Å². The minimum atomic E-state index is 0.832. The van der Waals surface area contributed by atoms with E-state index >= 15 is 0 Å². The molecule has 0 atom stereocenters. The van der Waals surface area contributed by atoms with Gasteiger partial charge in [0, 0.05) is 11.3 Å². The van der Waals surface area contributed by atoms with E-state index in [1.54, 1.807) is 0 Å². The lowest BCUT2D eigenvalue weighted by atomic mass is 10.0. The maximum absolute atomic E-state index is 4.52. The van der Waals surface area contributed by atoms with Crippen molar-refractivity contribution in [3.8, 4) is 11.3 Å². The number of rotatable bonds is 1. The van der Waals surface area contributed by atoms with Gasteiger partial charge in [0.25, 0.3) is 0 Å². The molecule has 0 aliphatic rings. The van der Waals surface area contributed by atoms with Crippen LogP contribution in [-0.2, 0) is 0 Å². The van der Waals surface area contributed by atoms with Gasteiger partial charge in [-0.15, -0.1) is 0 Å². The fourth-order valence-corrected chi connectivity index (χ4v) is 1.76. The standard InChI is InChI=1S/C14H16N2/c1-9-5-7-13(8-6-9)14-10(2)11(3)15-12(4)16-14/h5-8H,1-4H3. The van der Waals surface area contributed by atoms with E-state index in [1.165, 1.54) is 5.56 Å². The maximum Gasteiger partial charge on any atom is 0.126 e. The molecule has 0 aliphatic carbocycles. The molecule has 0 bridgehead atoms. The summed E-state index contributed by atoms with van der Waals surface area (Å²) in [6.07, 6.45) is 0. The maximum atomic E-state index is 4.52. The lowest BCUT2D eigenvalue weighted by Gasteiger charge is -2.08. The molecule has 2 rings (SSSR count). The first-order chi connectivity index (χ1) is 7.58. The van der Waals surface area contributed by atoms with E-state index in [0.29, 0.717) is 0 Å². The molecule has 82 valence electrons. The summed E-state index contributed by atoms with van der Waals surface area (Å²) in [5.41, 5.74) is 5.70. The van der Waals surface area contributed by atoms with Crippen LogP contribution in [0.25, 0.3) is 11.3 Å². The summed E-state index contributed by atoms with van der Waals surface area (Å²) in [5, 5.41) is 0. The fourth-order valence-electron chi connectivity index (χ4n) is 1.76. The molecule has 0 fully saturated rings. The molecule has 0 N–H and O–H groups in total. The summed E-state index contributed by atoms with van der Waals surface area (Å²) in [6.45, 7) is 8.13. The smallest absolute Gasteiger partial charge is 0.126 e. The number of nitrogens with zero attached hydrogens (tertiary/aromatic N) is 2. The van der Waals surface area contributed by atoms with Crippen LogP contribution in [0.1, 0.15) is 22.6 Å². The van der Waals surface area contributed by atoms with Crippen LogP contribution in [0.3, 0.4) is 0 Å². The Kier molecular flexibility index (Phi) is 2.73. The molecule has 0 saturated carbocycles. The van der Waals surface area contributed by atoms with Crippen LogP contribution in [0, 0.1) is 27.7 Å². The molecule has 1 heterocycles. The summed E-state index contributed by atoms with van der Waals surface area (Å²) in [6, 6.07) is 8.45. The SMILES string of the molecule is Cc1ccc(-c2nc(C)nc(C)c2C)cc1. The van der Waals surface area contributed by atoms with E-state index in [2.05, 4.69) is 48.1 Å². The molecule has 0 aliphatic heterocycles. The Labute approximate surface area is 96.4 Å². The van der Waals surface area contributed by atoms with Crippen molar-refractivity contribution in [2.45, 2.75) is 27.7 Å². The first-order valence-electron chi connectivity index (χ1n) is 5.47. The Balaban J connectivity index is 2.59. The van der Waals surface area contributed by atoms with Crippen LogP contribution in [0.5, 0.6) is 0 Å². The fraction of sp³-hybridized carbons (Fsp3) is 0.286. The largest absolute Gasteiger partial charge is 0.238 e. The first-order valence-corrected chi connectivity index (χ1v) is 5.47. The molecule has 2 nitrogen and oxygen atoms in total. The zero-order valence-corrected chi connectivity index (χ0v) is 10.2. The summed E-state index contributed by atoms with van der Waals surface area (Å²) in [5.74, 6) is 0.832. The van der Waals surface area contributed by atoms with Gasteiger partial charge in [-0.1, -0.05) is 29.8 Å². The number of hydrogen-bond donors (Lipinski definition) is 0. The lowest BCUT2D eigenvalue weighted by Crippen LogP contribution is -1.98. The van der Waals surface area contributed by atoms with Crippen LogP contribution in [0.15, 0.2) is 24.3 Å². The Morgan fingerprint density at radius 1 is 0.812 bits per heavy atom. The highest BCUT2D eigenvalue weighted by molar-refractivity contribution is 5.63. The molecular formula is C14H16N2. The number of aromatic nitrogens is 2. The molecule has 0 saturated heterocycles. The van der Waals surface area contributed by atoms with Crippen molar-refractivity contribution in [2.75, 3.05) is 0 Å². The number of aryl methyl sites for hydroxylation is 3. The first kappa shape index (κ1) is 10.8. The average Bonchev–Trinajstić information content (AvgIpc) is 2.25. The van der Waals surface area contributed by atoms with Crippen molar-refractivity contribution in [3.05, 3.63) is 46.9 Å². The van der Waals surface area contributed by atoms with Gasteiger partial charge in [0.05, 0.1) is 5.69 Å². The van der Waals surface area contributed by atoms with Gasteiger partial charge < -0.3 is 0 Å². The average molecular weight is 212 g/mol. The van der Waals surface area contributed by atoms with Crippen molar-refractivity contribution < 1.29 is 0 Å². The van der Waals surface area contributed by atoms with E-state index in [9.17, 15) is 0 Å². The van der Waals surface area contributed by atoms with Crippen molar-refractivity contribution in [1.82, 2.24) is 9.97 Å². The summed E-state index contributed by atoms with van der Waals surface area (Å²) >= 11 is 0. The highest BCUT2D eigenvalue weighted by atomic mass is 14.9. The predicted octanol–water partition coefficient (Wildman–Crippen LogP) is 3.38. The summed E-state index contributed by atoms with van der Waals surface area (Å²) in [7, 11) is 0. The molecule has 0 spiro atoms. The topological polar surface area (TPSA) is 25.8 Å². The second-order valence-electron chi connectivity index (χ2n) is 4.20. The van der Waals surface area contributed by atoms with Crippen LogP contribution in [-0.4, -0.2) is 9.97 Å². The third-order valence-electron chi connectivity index (χ3n) is 2.83. The van der Waals surface area contributed by atoms with Gasteiger partial charge in [0.2, 0.25) is 0 Å². The van der Waals surface area contributed by atoms with Gasteiger partial charge in [-0.3, -0.25) is 0 Å². The second-order valence-corrected chi connectivity index (χ2v) is 4.20. The van der Waals surface area contributed by atoms with Gasteiger partial charge in [-0.25, -0.2) is 9.97 Å². The van der Waals surface area contributed by atoms with Crippen molar-refractivity contribution in [2.24, 2.45) is 0 Å². The molecule has 2 heteroatoms. The third-order valence-corrected chi connectivity index (χ3v) is 2.83. The summed E-state index contributed by atoms with van der Waals surface area (Å²) < 4.78 is 0. The zero-order valence-electron chi connectivity index (χ0n) is 10.2. The zero-order chi connectivity index (χ0) is 11.7. The molecule has 16 heavy (non-hydrogen) atoms. The normalized spacial score (nSPS) is 10.5. The van der Waals surface area contributed by atoms with Crippen LogP contribution in [0.4, 0.5) is 0 Å². The Bertz CT molecular complexity index is 513. The molecule has 1 aromatic carbocycles. The predicted molar refractivity (Wildman–Crippen MR) is 66.4 cm³/mol. The minimum absolute atomic E-state index is 0.832. The van der Waals surface area contributed by atoms with Crippen LogP contribution < -0.4 is 0 Å². The molecule has 0 radical (unpaired) electrons. The van der Waals surface area contributed by atoms with Gasteiger partial charge in [0.1, 0.15) is 5.82 Å². The van der Waals surface area contributed by atoms with Gasteiger partial charge in [0.15, 0.2) is 0 Å². The molecule has 1 aromatic heterocycles. The molecule has 0 amide bonds. The van der Waals surface area contributed by atoms with Crippen molar-refractivity contribution in [1.29, 1.82) is 0 Å². The number of benzene rings is 1. The quantitative estimate of drug-likeness (QED) is 0.724. The third kappa shape index (κ3) is 1.96. The van der Waals surface area contributed by atoms with E-state index in [4.69, 9.17) is 0 Å². The van der Waals surface area contributed by atoms with Crippen LogP contribution >= 0.6 is 0 Å². The molecule has 0 unspecified atom stereocenters. The van der Waals surface area contributed by atoms with Crippen molar-refractivity contribution in [3.63, 3.8) is 0 Å². The lowest BCUT2D eigenvalue weighted by molar-refractivity contribution is 0.992. The molecule has 2 aromatic rings. The minimum Gasteiger partial charge on any atom is -0.238 e. The Morgan fingerprint density at radius 2 is 1.44 bits per heavy atom. The van der Waals surface area contributed by atoms with Crippen LogP contribution in [0.2, 0.25) is 0 Å². The second kappa shape index (κ2) is 4.05. The molecular weight excluding hydrogens is 196 g/mol. The summed E-state index contributed by atoms with van der Waals surface area (Å²) in [4.78, 5) is 8.89. The van der Waals surface area contributed by atoms with E-state index in [-0.39, 0.29) is 0 Å². The van der Waals surface area contributed by atoms with E-state index in [1.807, 2.05) is 13.8 Å². The highest BCUT2D eigenvalue weighted by Gasteiger charge is 2.07.